The summed E-state index contributed by atoms with van der Waals surface area (Å²) in [6.07, 6.45) is 4.63. The molecule has 2 aromatic rings. The molecular formula is C29H33FN4O2S2. The summed E-state index contributed by atoms with van der Waals surface area (Å²) in [4.78, 5) is 31.2. The van der Waals surface area contributed by atoms with Crippen LogP contribution in [0.15, 0.2) is 34.0 Å². The van der Waals surface area contributed by atoms with Crippen molar-refractivity contribution in [2.24, 2.45) is 11.8 Å². The van der Waals surface area contributed by atoms with Crippen molar-refractivity contribution in [3.63, 3.8) is 0 Å². The first-order chi connectivity index (χ1) is 18.1. The van der Waals surface area contributed by atoms with E-state index in [-0.39, 0.29) is 29.4 Å². The van der Waals surface area contributed by atoms with Gasteiger partial charge in [-0.1, -0.05) is 63.3 Å². The number of unbranched alkanes of at least 4 members (excludes halogenated alkanes) is 1. The van der Waals surface area contributed by atoms with Crippen LogP contribution in [0.5, 0.6) is 0 Å². The maximum Gasteiger partial charge on any atom is 0.270 e. The Morgan fingerprint density at radius 3 is 2.45 bits per heavy atom. The number of thioether (sulfide) groups is 1. The van der Waals surface area contributed by atoms with Crippen LogP contribution in [0.1, 0.15) is 62.3 Å². The maximum absolute atomic E-state index is 13.5. The van der Waals surface area contributed by atoms with Crippen LogP contribution in [0, 0.1) is 35.9 Å². The quantitative estimate of drug-likeness (QED) is 0.317. The smallest absolute Gasteiger partial charge is 0.270 e. The SMILES string of the molecule is CCCCn1c(N2CC(C)CC(C)C2)c(/C=C2/SC(=S)N(Cc3ccc(F)cc3)C2=O)c(C)c(C#N)c1=O. The van der Waals surface area contributed by atoms with Crippen molar-refractivity contribution in [3.8, 4) is 6.07 Å². The normalized spacial score (nSPS) is 20.9. The first kappa shape index (κ1) is 28.1. The van der Waals surface area contributed by atoms with Crippen molar-refractivity contribution in [1.29, 1.82) is 5.26 Å². The molecular weight excluding hydrogens is 519 g/mol. The summed E-state index contributed by atoms with van der Waals surface area (Å²) in [5.41, 5.74) is 1.91. The van der Waals surface area contributed by atoms with Gasteiger partial charge in [-0.05, 0) is 60.9 Å². The Labute approximate surface area is 233 Å². The van der Waals surface area contributed by atoms with E-state index < -0.39 is 0 Å². The third kappa shape index (κ3) is 5.71. The van der Waals surface area contributed by atoms with Gasteiger partial charge in [0.2, 0.25) is 0 Å². The molecule has 2 aliphatic rings. The highest BCUT2D eigenvalue weighted by molar-refractivity contribution is 8.26. The zero-order chi connectivity index (χ0) is 27.6. The minimum Gasteiger partial charge on any atom is -0.357 e. The van der Waals surface area contributed by atoms with Crippen LogP contribution in [-0.4, -0.2) is 32.8 Å². The molecule has 2 saturated heterocycles. The second kappa shape index (κ2) is 11.8. The number of carbonyl (C=O) groups is 1. The van der Waals surface area contributed by atoms with E-state index in [1.54, 1.807) is 29.7 Å². The molecule has 9 heteroatoms. The number of pyridine rings is 1. The van der Waals surface area contributed by atoms with Crippen LogP contribution in [0.3, 0.4) is 0 Å². The lowest BCUT2D eigenvalue weighted by atomic mass is 9.91. The number of piperidine rings is 1. The first-order valence-corrected chi connectivity index (χ1v) is 14.3. The molecule has 0 bridgehead atoms. The fourth-order valence-corrected chi connectivity index (χ4v) is 6.62. The molecule has 0 saturated carbocycles. The number of carbonyl (C=O) groups excluding carboxylic acids is 1. The van der Waals surface area contributed by atoms with Crippen molar-refractivity contribution in [3.05, 3.63) is 67.6 Å². The van der Waals surface area contributed by atoms with Crippen LogP contribution in [0.4, 0.5) is 10.2 Å². The molecule has 38 heavy (non-hydrogen) atoms. The van der Waals surface area contributed by atoms with Gasteiger partial charge in [0.1, 0.15) is 27.6 Å². The molecule has 2 aliphatic heterocycles. The van der Waals surface area contributed by atoms with Crippen LogP contribution in [0.25, 0.3) is 6.08 Å². The van der Waals surface area contributed by atoms with E-state index in [9.17, 15) is 19.2 Å². The number of hydrogen-bond acceptors (Lipinski definition) is 6. The van der Waals surface area contributed by atoms with Crippen molar-refractivity contribution in [1.82, 2.24) is 9.47 Å². The largest absolute Gasteiger partial charge is 0.357 e. The van der Waals surface area contributed by atoms with Gasteiger partial charge in [0.05, 0.1) is 11.4 Å². The number of halogens is 1. The molecule has 2 unspecified atom stereocenters. The molecule has 2 fully saturated rings. The molecule has 0 aliphatic carbocycles. The van der Waals surface area contributed by atoms with Gasteiger partial charge in [-0.3, -0.25) is 19.1 Å². The number of amides is 1. The molecule has 0 spiro atoms. The Bertz CT molecular complexity index is 1370. The number of aromatic nitrogens is 1. The zero-order valence-electron chi connectivity index (χ0n) is 22.3. The van der Waals surface area contributed by atoms with Crippen LogP contribution in [-0.2, 0) is 17.9 Å². The van der Waals surface area contributed by atoms with Crippen molar-refractivity contribution in [2.75, 3.05) is 18.0 Å². The van der Waals surface area contributed by atoms with Gasteiger partial charge in [0.15, 0.2) is 0 Å². The summed E-state index contributed by atoms with van der Waals surface area (Å²) in [6, 6.07) is 8.13. The summed E-state index contributed by atoms with van der Waals surface area (Å²) in [6.45, 7) is 10.6. The third-order valence-corrected chi connectivity index (χ3v) is 8.53. The van der Waals surface area contributed by atoms with E-state index in [0.29, 0.717) is 33.2 Å². The van der Waals surface area contributed by atoms with Crippen molar-refractivity contribution in [2.45, 2.75) is 60.0 Å². The predicted octanol–water partition coefficient (Wildman–Crippen LogP) is 5.85. The number of rotatable bonds is 7. The molecule has 0 N–H and O–H groups in total. The van der Waals surface area contributed by atoms with Gasteiger partial charge < -0.3 is 4.90 Å². The highest BCUT2D eigenvalue weighted by atomic mass is 32.2. The molecule has 3 heterocycles. The number of nitrogens with zero attached hydrogens (tertiary/aromatic N) is 4. The number of hydrogen-bond donors (Lipinski definition) is 0. The minimum atomic E-state index is -0.338. The van der Waals surface area contributed by atoms with Gasteiger partial charge in [-0.15, -0.1) is 0 Å². The molecule has 2 atom stereocenters. The van der Waals surface area contributed by atoms with Crippen molar-refractivity contribution < 1.29 is 9.18 Å². The Morgan fingerprint density at radius 1 is 1.18 bits per heavy atom. The topological polar surface area (TPSA) is 69.3 Å². The molecule has 1 aromatic carbocycles. The third-order valence-electron chi connectivity index (χ3n) is 7.15. The number of nitriles is 1. The molecule has 200 valence electrons. The lowest BCUT2D eigenvalue weighted by Gasteiger charge is -2.39. The van der Waals surface area contributed by atoms with Crippen molar-refractivity contribution >= 4 is 46.1 Å². The van der Waals surface area contributed by atoms with E-state index in [1.807, 2.05) is 0 Å². The summed E-state index contributed by atoms with van der Waals surface area (Å²) >= 11 is 6.76. The predicted molar refractivity (Wildman–Crippen MR) is 155 cm³/mol. The summed E-state index contributed by atoms with van der Waals surface area (Å²) < 4.78 is 15.5. The van der Waals surface area contributed by atoms with E-state index in [1.165, 1.54) is 28.8 Å². The molecule has 4 rings (SSSR count). The second-order valence-electron chi connectivity index (χ2n) is 10.4. The van der Waals surface area contributed by atoms with E-state index in [2.05, 4.69) is 31.7 Å². The lowest BCUT2D eigenvalue weighted by Crippen LogP contribution is -2.43. The van der Waals surface area contributed by atoms with Gasteiger partial charge >= 0.3 is 0 Å². The Kier molecular flexibility index (Phi) is 8.74. The van der Waals surface area contributed by atoms with E-state index in [4.69, 9.17) is 12.2 Å². The average molecular weight is 553 g/mol. The monoisotopic (exact) mass is 552 g/mol. The summed E-state index contributed by atoms with van der Waals surface area (Å²) in [5, 5.41) is 9.91. The molecule has 1 aromatic heterocycles. The Morgan fingerprint density at radius 2 is 1.84 bits per heavy atom. The lowest BCUT2D eigenvalue weighted by molar-refractivity contribution is -0.122. The number of benzene rings is 1. The van der Waals surface area contributed by atoms with Gasteiger partial charge in [0.25, 0.3) is 11.5 Å². The second-order valence-corrected chi connectivity index (χ2v) is 12.1. The average Bonchev–Trinajstić information content (AvgIpc) is 3.13. The standard InChI is InChI=1S/C29H33FN4O2S2/c1-5-6-11-33-26(32-15-18(2)12-19(3)16-32)23(20(4)24(14-31)27(33)35)13-25-28(36)34(29(37)38-25)17-21-7-9-22(30)10-8-21/h7-10,13,18-19H,5-6,11-12,15-17H2,1-4H3/b25-13+. The van der Waals surface area contributed by atoms with Crippen LogP contribution >= 0.6 is 24.0 Å². The fourth-order valence-electron chi connectivity index (χ4n) is 5.38. The Hall–Kier alpha value is -2.96. The minimum absolute atomic E-state index is 0.107. The van der Waals surface area contributed by atoms with Gasteiger partial charge in [0, 0.05) is 25.2 Å². The van der Waals surface area contributed by atoms with E-state index >= 15 is 0 Å². The maximum atomic E-state index is 13.5. The highest BCUT2D eigenvalue weighted by Crippen LogP contribution is 2.38. The van der Waals surface area contributed by atoms with Crippen LogP contribution in [0.2, 0.25) is 0 Å². The zero-order valence-corrected chi connectivity index (χ0v) is 23.9. The number of anilines is 1. The van der Waals surface area contributed by atoms with Gasteiger partial charge in [-0.25, -0.2) is 4.39 Å². The fraction of sp³-hybridized carbons (Fsp3) is 0.448. The summed E-state index contributed by atoms with van der Waals surface area (Å²) in [7, 11) is 0. The van der Waals surface area contributed by atoms with Crippen LogP contribution < -0.4 is 10.5 Å². The summed E-state index contributed by atoms with van der Waals surface area (Å²) in [5.74, 6) is 1.11. The molecule has 6 nitrogen and oxygen atoms in total. The van der Waals surface area contributed by atoms with Gasteiger partial charge in [-0.2, -0.15) is 5.26 Å². The molecule has 0 radical (unpaired) electrons. The Balaban J connectivity index is 1.83. The number of thiocarbonyl (C=S) groups is 1. The van der Waals surface area contributed by atoms with E-state index in [0.717, 1.165) is 49.3 Å². The highest BCUT2D eigenvalue weighted by Gasteiger charge is 2.34. The first-order valence-electron chi connectivity index (χ1n) is 13.1. The molecule has 1 amide bonds.